The number of carboxylic acid groups (broad SMARTS) is 1. The highest BCUT2D eigenvalue weighted by Crippen LogP contribution is 2.28. The van der Waals surface area contributed by atoms with Crippen LogP contribution in [0.4, 0.5) is 4.39 Å². The van der Waals surface area contributed by atoms with Crippen molar-refractivity contribution in [2.75, 3.05) is 0 Å². The van der Waals surface area contributed by atoms with E-state index >= 15 is 0 Å². The maximum atomic E-state index is 13.1. The predicted octanol–water partition coefficient (Wildman–Crippen LogP) is 4.40. The fraction of sp³-hybridized carbons (Fsp3) is 0.133. The lowest BCUT2D eigenvalue weighted by Crippen LogP contribution is -2.02. The fourth-order valence-corrected chi connectivity index (χ4v) is 2.98. The quantitative estimate of drug-likeness (QED) is 0.832. The van der Waals surface area contributed by atoms with Crippen molar-refractivity contribution >= 4 is 29.3 Å². The number of benzene rings is 2. The zero-order chi connectivity index (χ0) is 14.5. The largest absolute Gasteiger partial charge is 0.481 e. The molecule has 0 bridgehead atoms. The molecular formula is C15H12ClFO2S. The highest BCUT2D eigenvalue weighted by Gasteiger charge is 2.07. The van der Waals surface area contributed by atoms with Crippen LogP contribution < -0.4 is 0 Å². The van der Waals surface area contributed by atoms with E-state index in [0.717, 1.165) is 16.0 Å². The molecule has 0 spiro atoms. The second-order valence-corrected chi connectivity index (χ2v) is 5.66. The van der Waals surface area contributed by atoms with E-state index in [0.29, 0.717) is 5.75 Å². The van der Waals surface area contributed by atoms with Gasteiger partial charge in [0.15, 0.2) is 0 Å². The van der Waals surface area contributed by atoms with Gasteiger partial charge >= 0.3 is 5.97 Å². The smallest absolute Gasteiger partial charge is 0.307 e. The second kappa shape index (κ2) is 6.77. The molecule has 0 aliphatic rings. The van der Waals surface area contributed by atoms with Crippen LogP contribution in [0.5, 0.6) is 0 Å². The number of halogens is 2. The minimum Gasteiger partial charge on any atom is -0.481 e. The minimum atomic E-state index is -0.854. The van der Waals surface area contributed by atoms with Crippen molar-refractivity contribution in [2.45, 2.75) is 17.1 Å². The van der Waals surface area contributed by atoms with Crippen LogP contribution in [0.1, 0.15) is 11.1 Å². The summed E-state index contributed by atoms with van der Waals surface area (Å²) in [6, 6.07) is 12.0. The first-order chi connectivity index (χ1) is 9.56. The lowest BCUT2D eigenvalue weighted by atomic mass is 10.1. The monoisotopic (exact) mass is 310 g/mol. The van der Waals surface area contributed by atoms with Gasteiger partial charge in [-0.3, -0.25) is 4.79 Å². The van der Waals surface area contributed by atoms with Gasteiger partial charge in [-0.1, -0.05) is 35.9 Å². The SMILES string of the molecule is O=C(O)Cc1ccccc1CSc1ccc(F)c(Cl)c1. The number of aliphatic carboxylic acids is 1. The van der Waals surface area contributed by atoms with E-state index in [1.54, 1.807) is 12.1 Å². The Balaban J connectivity index is 2.10. The lowest BCUT2D eigenvalue weighted by molar-refractivity contribution is -0.136. The van der Waals surface area contributed by atoms with E-state index in [1.165, 1.54) is 17.8 Å². The van der Waals surface area contributed by atoms with E-state index in [2.05, 4.69) is 0 Å². The maximum absolute atomic E-state index is 13.1. The summed E-state index contributed by atoms with van der Waals surface area (Å²) >= 11 is 7.22. The first-order valence-electron chi connectivity index (χ1n) is 5.92. The highest BCUT2D eigenvalue weighted by molar-refractivity contribution is 7.98. The number of rotatable bonds is 5. The molecule has 20 heavy (non-hydrogen) atoms. The van der Waals surface area contributed by atoms with Crippen LogP contribution in [0, 0.1) is 5.82 Å². The summed E-state index contributed by atoms with van der Waals surface area (Å²) in [5.41, 5.74) is 1.75. The summed E-state index contributed by atoms with van der Waals surface area (Å²) in [5.74, 6) is -0.680. The first-order valence-corrected chi connectivity index (χ1v) is 7.29. The van der Waals surface area contributed by atoms with Gasteiger partial charge in [-0.15, -0.1) is 11.8 Å². The molecule has 0 aromatic heterocycles. The summed E-state index contributed by atoms with van der Waals surface area (Å²) in [7, 11) is 0. The molecule has 0 radical (unpaired) electrons. The van der Waals surface area contributed by atoms with Gasteiger partial charge < -0.3 is 5.11 Å². The number of hydrogen-bond donors (Lipinski definition) is 1. The molecule has 0 amide bonds. The maximum Gasteiger partial charge on any atom is 0.307 e. The molecule has 0 aliphatic heterocycles. The van der Waals surface area contributed by atoms with Gasteiger partial charge in [0.1, 0.15) is 5.82 Å². The Morgan fingerprint density at radius 3 is 2.55 bits per heavy atom. The molecule has 0 aliphatic carbocycles. The van der Waals surface area contributed by atoms with Crippen LogP contribution in [0.3, 0.4) is 0 Å². The van der Waals surface area contributed by atoms with Gasteiger partial charge in [0.05, 0.1) is 11.4 Å². The van der Waals surface area contributed by atoms with E-state index in [-0.39, 0.29) is 11.4 Å². The van der Waals surface area contributed by atoms with Crippen molar-refractivity contribution in [1.82, 2.24) is 0 Å². The highest BCUT2D eigenvalue weighted by atomic mass is 35.5. The average Bonchev–Trinajstić information content (AvgIpc) is 2.41. The molecule has 2 rings (SSSR count). The second-order valence-electron chi connectivity index (χ2n) is 4.20. The van der Waals surface area contributed by atoms with Crippen LogP contribution in [0.2, 0.25) is 5.02 Å². The molecular weight excluding hydrogens is 299 g/mol. The third-order valence-corrected chi connectivity index (χ3v) is 4.08. The molecule has 0 fully saturated rings. The van der Waals surface area contributed by atoms with Crippen molar-refractivity contribution in [3.8, 4) is 0 Å². The molecule has 2 aromatic rings. The third-order valence-electron chi connectivity index (χ3n) is 2.75. The summed E-state index contributed by atoms with van der Waals surface area (Å²) in [5, 5.41) is 8.97. The summed E-state index contributed by atoms with van der Waals surface area (Å²) in [4.78, 5) is 11.7. The molecule has 0 saturated heterocycles. The molecule has 0 saturated carbocycles. The Morgan fingerprint density at radius 2 is 1.90 bits per heavy atom. The number of carbonyl (C=O) groups is 1. The van der Waals surface area contributed by atoms with Crippen molar-refractivity contribution in [3.05, 3.63) is 64.4 Å². The lowest BCUT2D eigenvalue weighted by Gasteiger charge is -2.08. The molecule has 2 aromatic carbocycles. The zero-order valence-electron chi connectivity index (χ0n) is 10.5. The third kappa shape index (κ3) is 3.99. The van der Waals surface area contributed by atoms with Crippen LogP contribution in [-0.4, -0.2) is 11.1 Å². The summed E-state index contributed by atoms with van der Waals surface area (Å²) in [6.07, 6.45) is 0.000900. The van der Waals surface area contributed by atoms with Crippen LogP contribution >= 0.6 is 23.4 Å². The van der Waals surface area contributed by atoms with Crippen molar-refractivity contribution in [3.63, 3.8) is 0 Å². The van der Waals surface area contributed by atoms with Gasteiger partial charge in [0.2, 0.25) is 0 Å². The van der Waals surface area contributed by atoms with Crippen LogP contribution in [-0.2, 0) is 17.0 Å². The molecule has 0 unspecified atom stereocenters. The molecule has 0 heterocycles. The minimum absolute atomic E-state index is 0.000900. The number of thioether (sulfide) groups is 1. The van der Waals surface area contributed by atoms with Gasteiger partial charge in [0, 0.05) is 10.6 Å². The van der Waals surface area contributed by atoms with Gasteiger partial charge in [-0.25, -0.2) is 4.39 Å². The molecule has 5 heteroatoms. The van der Waals surface area contributed by atoms with Crippen molar-refractivity contribution in [1.29, 1.82) is 0 Å². The Kier molecular flexibility index (Phi) is 5.04. The number of hydrogen-bond acceptors (Lipinski definition) is 2. The molecule has 1 N–H and O–H groups in total. The zero-order valence-corrected chi connectivity index (χ0v) is 12.0. The normalized spacial score (nSPS) is 10.5. The van der Waals surface area contributed by atoms with E-state index in [1.807, 2.05) is 24.3 Å². The van der Waals surface area contributed by atoms with Gasteiger partial charge in [-0.2, -0.15) is 0 Å². The van der Waals surface area contributed by atoms with Gasteiger partial charge in [-0.05, 0) is 29.3 Å². The Morgan fingerprint density at radius 1 is 1.20 bits per heavy atom. The number of carboxylic acids is 1. The van der Waals surface area contributed by atoms with Crippen molar-refractivity contribution in [2.24, 2.45) is 0 Å². The van der Waals surface area contributed by atoms with E-state index < -0.39 is 11.8 Å². The molecule has 2 nitrogen and oxygen atoms in total. The standard InChI is InChI=1S/C15H12ClFO2S/c16-13-8-12(5-6-14(13)17)20-9-11-4-2-1-3-10(11)7-15(18)19/h1-6,8H,7,9H2,(H,18,19). The first kappa shape index (κ1) is 14.9. The van der Waals surface area contributed by atoms with Crippen LogP contribution in [0.15, 0.2) is 47.4 Å². The topological polar surface area (TPSA) is 37.3 Å². The fourth-order valence-electron chi connectivity index (χ4n) is 1.76. The Bertz CT molecular complexity index is 631. The van der Waals surface area contributed by atoms with E-state index in [9.17, 15) is 9.18 Å². The average molecular weight is 311 g/mol. The van der Waals surface area contributed by atoms with E-state index in [4.69, 9.17) is 16.7 Å². The van der Waals surface area contributed by atoms with Crippen LogP contribution in [0.25, 0.3) is 0 Å². The van der Waals surface area contributed by atoms with Gasteiger partial charge in [0.25, 0.3) is 0 Å². The summed E-state index contributed by atoms with van der Waals surface area (Å²) < 4.78 is 13.1. The van der Waals surface area contributed by atoms with Crippen molar-refractivity contribution < 1.29 is 14.3 Å². The molecule has 104 valence electrons. The Labute approximate surface area is 125 Å². The molecule has 0 atom stereocenters. The summed E-state index contributed by atoms with van der Waals surface area (Å²) in [6.45, 7) is 0. The predicted molar refractivity (Wildman–Crippen MR) is 78.8 cm³/mol. The Hall–Kier alpha value is -1.52.